The minimum atomic E-state index is -1.06. The van der Waals surface area contributed by atoms with Crippen molar-refractivity contribution in [1.82, 2.24) is 14.9 Å². The molecule has 0 spiro atoms. The van der Waals surface area contributed by atoms with Crippen LogP contribution in [0, 0.1) is 0 Å². The Bertz CT molecular complexity index is 378. The van der Waals surface area contributed by atoms with E-state index in [2.05, 4.69) is 14.9 Å². The molecule has 2 rings (SSSR count). The third-order valence-electron chi connectivity index (χ3n) is 2.32. The molecule has 14 heavy (non-hydrogen) atoms. The average Bonchev–Trinajstić information content (AvgIpc) is 2.16. The van der Waals surface area contributed by atoms with Gasteiger partial charge in [0.25, 0.3) is 0 Å². The normalized spacial score (nSPS) is 16.4. The Hall–Kier alpha value is -1.49. The van der Waals surface area contributed by atoms with Crippen molar-refractivity contribution >= 4 is 5.97 Å². The van der Waals surface area contributed by atoms with E-state index in [1.165, 1.54) is 0 Å². The standard InChI is InChI=1S/C9H11N3O2/c1-12-3-2-7-6(5-12)4-10-8(11-7)9(13)14/h4H,2-3,5H2,1H3,(H,13,14). The first-order valence-corrected chi connectivity index (χ1v) is 4.43. The van der Waals surface area contributed by atoms with Crippen LogP contribution >= 0.6 is 0 Å². The van der Waals surface area contributed by atoms with E-state index in [1.54, 1.807) is 6.20 Å². The van der Waals surface area contributed by atoms with E-state index in [9.17, 15) is 4.79 Å². The fraction of sp³-hybridized carbons (Fsp3) is 0.444. The van der Waals surface area contributed by atoms with Crippen molar-refractivity contribution in [3.8, 4) is 0 Å². The van der Waals surface area contributed by atoms with Gasteiger partial charge < -0.3 is 10.0 Å². The molecular formula is C9H11N3O2. The molecule has 1 aliphatic rings. The summed E-state index contributed by atoms with van der Waals surface area (Å²) in [6.45, 7) is 1.72. The molecule has 0 radical (unpaired) electrons. The van der Waals surface area contributed by atoms with E-state index >= 15 is 0 Å². The van der Waals surface area contributed by atoms with Crippen molar-refractivity contribution in [2.24, 2.45) is 0 Å². The lowest BCUT2D eigenvalue weighted by atomic mass is 10.1. The van der Waals surface area contributed by atoms with Gasteiger partial charge in [-0.25, -0.2) is 14.8 Å². The van der Waals surface area contributed by atoms with Gasteiger partial charge in [0.1, 0.15) is 0 Å². The van der Waals surface area contributed by atoms with Crippen molar-refractivity contribution in [3.63, 3.8) is 0 Å². The van der Waals surface area contributed by atoms with Crippen molar-refractivity contribution < 1.29 is 9.90 Å². The molecule has 1 N–H and O–H groups in total. The fourth-order valence-corrected chi connectivity index (χ4v) is 1.56. The van der Waals surface area contributed by atoms with Crippen LogP contribution in [0.15, 0.2) is 6.20 Å². The van der Waals surface area contributed by atoms with Crippen LogP contribution in [0.1, 0.15) is 21.9 Å². The van der Waals surface area contributed by atoms with Crippen molar-refractivity contribution in [2.75, 3.05) is 13.6 Å². The van der Waals surface area contributed by atoms with E-state index in [0.717, 1.165) is 30.8 Å². The zero-order valence-electron chi connectivity index (χ0n) is 7.90. The minimum Gasteiger partial charge on any atom is -0.475 e. The molecule has 0 aromatic carbocycles. The number of hydrogen-bond donors (Lipinski definition) is 1. The summed E-state index contributed by atoms with van der Waals surface area (Å²) in [6, 6.07) is 0. The Morgan fingerprint density at radius 1 is 1.64 bits per heavy atom. The monoisotopic (exact) mass is 193 g/mol. The lowest BCUT2D eigenvalue weighted by Gasteiger charge is -2.23. The number of rotatable bonds is 1. The Morgan fingerprint density at radius 3 is 3.14 bits per heavy atom. The molecule has 0 bridgehead atoms. The van der Waals surface area contributed by atoms with Gasteiger partial charge in [-0.05, 0) is 7.05 Å². The van der Waals surface area contributed by atoms with Gasteiger partial charge in [0.05, 0.1) is 5.69 Å². The molecular weight excluding hydrogens is 182 g/mol. The third-order valence-corrected chi connectivity index (χ3v) is 2.32. The lowest BCUT2D eigenvalue weighted by molar-refractivity contribution is 0.0682. The number of aromatic nitrogens is 2. The van der Waals surface area contributed by atoms with Crippen LogP contribution in [-0.2, 0) is 13.0 Å². The molecule has 0 amide bonds. The quantitative estimate of drug-likeness (QED) is 0.688. The number of carboxylic acid groups (broad SMARTS) is 1. The zero-order valence-corrected chi connectivity index (χ0v) is 7.90. The summed E-state index contributed by atoms with van der Waals surface area (Å²) >= 11 is 0. The highest BCUT2D eigenvalue weighted by atomic mass is 16.4. The van der Waals surface area contributed by atoms with Gasteiger partial charge in [-0.2, -0.15) is 0 Å². The first-order valence-electron chi connectivity index (χ1n) is 4.43. The van der Waals surface area contributed by atoms with Gasteiger partial charge in [0, 0.05) is 31.3 Å². The molecule has 1 aliphatic heterocycles. The van der Waals surface area contributed by atoms with Gasteiger partial charge in [-0.15, -0.1) is 0 Å². The summed E-state index contributed by atoms with van der Waals surface area (Å²) in [4.78, 5) is 20.6. The summed E-state index contributed by atoms with van der Waals surface area (Å²) in [7, 11) is 2.02. The number of aromatic carboxylic acids is 1. The predicted molar refractivity (Wildman–Crippen MR) is 49.0 cm³/mol. The maximum atomic E-state index is 10.6. The van der Waals surface area contributed by atoms with Gasteiger partial charge in [0.2, 0.25) is 5.82 Å². The van der Waals surface area contributed by atoms with E-state index in [4.69, 9.17) is 5.11 Å². The van der Waals surface area contributed by atoms with Gasteiger partial charge in [0.15, 0.2) is 0 Å². The SMILES string of the molecule is CN1CCc2nc(C(=O)O)ncc2C1. The largest absolute Gasteiger partial charge is 0.475 e. The summed E-state index contributed by atoms with van der Waals surface area (Å²) in [6.07, 6.45) is 2.41. The predicted octanol–water partition coefficient (Wildman–Crippen LogP) is 0.163. The number of likely N-dealkylation sites (N-methyl/N-ethyl adjacent to an activating group) is 1. The van der Waals surface area contributed by atoms with Crippen molar-refractivity contribution in [3.05, 3.63) is 23.3 Å². The summed E-state index contributed by atoms with van der Waals surface area (Å²) in [5, 5.41) is 8.70. The molecule has 0 saturated heterocycles. The maximum Gasteiger partial charge on any atom is 0.373 e. The highest BCUT2D eigenvalue weighted by molar-refractivity contribution is 5.83. The molecule has 2 heterocycles. The Kier molecular flexibility index (Phi) is 2.17. The number of carbonyl (C=O) groups is 1. The first-order chi connectivity index (χ1) is 6.66. The van der Waals surface area contributed by atoms with E-state index < -0.39 is 5.97 Å². The van der Waals surface area contributed by atoms with Gasteiger partial charge in [-0.3, -0.25) is 0 Å². The van der Waals surface area contributed by atoms with Gasteiger partial charge in [-0.1, -0.05) is 0 Å². The fourth-order valence-electron chi connectivity index (χ4n) is 1.56. The maximum absolute atomic E-state index is 10.6. The molecule has 74 valence electrons. The molecule has 1 aromatic rings. The lowest BCUT2D eigenvalue weighted by Crippen LogP contribution is -2.28. The number of fused-ring (bicyclic) bond motifs is 1. The second-order valence-corrected chi connectivity index (χ2v) is 3.46. The molecule has 5 nitrogen and oxygen atoms in total. The summed E-state index contributed by atoms with van der Waals surface area (Å²) in [5.41, 5.74) is 1.90. The van der Waals surface area contributed by atoms with Crippen molar-refractivity contribution in [2.45, 2.75) is 13.0 Å². The summed E-state index contributed by atoms with van der Waals surface area (Å²) < 4.78 is 0. The Labute approximate surface area is 81.4 Å². The topological polar surface area (TPSA) is 66.3 Å². The summed E-state index contributed by atoms with van der Waals surface area (Å²) in [5.74, 6) is -1.17. The van der Waals surface area contributed by atoms with Crippen LogP contribution < -0.4 is 0 Å². The Balaban J connectivity index is 2.36. The smallest absolute Gasteiger partial charge is 0.373 e. The molecule has 0 unspecified atom stereocenters. The van der Waals surface area contributed by atoms with Crippen LogP contribution in [0.3, 0.4) is 0 Å². The van der Waals surface area contributed by atoms with Crippen LogP contribution in [0.5, 0.6) is 0 Å². The van der Waals surface area contributed by atoms with E-state index in [0.29, 0.717) is 0 Å². The molecule has 0 atom stereocenters. The second-order valence-electron chi connectivity index (χ2n) is 3.46. The van der Waals surface area contributed by atoms with E-state index in [1.807, 2.05) is 7.05 Å². The Morgan fingerprint density at radius 2 is 2.43 bits per heavy atom. The number of hydrogen-bond acceptors (Lipinski definition) is 4. The molecule has 0 saturated carbocycles. The van der Waals surface area contributed by atoms with Crippen LogP contribution in [-0.4, -0.2) is 39.5 Å². The molecule has 5 heteroatoms. The second kappa shape index (κ2) is 3.34. The third kappa shape index (κ3) is 1.58. The van der Waals surface area contributed by atoms with Crippen molar-refractivity contribution in [1.29, 1.82) is 0 Å². The van der Waals surface area contributed by atoms with Crippen LogP contribution in [0.2, 0.25) is 0 Å². The van der Waals surface area contributed by atoms with E-state index in [-0.39, 0.29) is 5.82 Å². The first kappa shape index (κ1) is 9.08. The molecule has 0 fully saturated rings. The highest BCUT2D eigenvalue weighted by Crippen LogP contribution is 2.14. The van der Waals surface area contributed by atoms with Gasteiger partial charge >= 0.3 is 5.97 Å². The zero-order chi connectivity index (χ0) is 10.1. The molecule has 0 aliphatic carbocycles. The minimum absolute atomic E-state index is 0.103. The number of carboxylic acids is 1. The van der Waals surface area contributed by atoms with Crippen LogP contribution in [0.4, 0.5) is 0 Å². The highest BCUT2D eigenvalue weighted by Gasteiger charge is 2.17. The number of nitrogens with zero attached hydrogens (tertiary/aromatic N) is 3. The average molecular weight is 193 g/mol. The van der Waals surface area contributed by atoms with Crippen LogP contribution in [0.25, 0.3) is 0 Å². The molecule has 1 aromatic heterocycles.